The van der Waals surface area contributed by atoms with Crippen LogP contribution in [0.15, 0.2) is 88.9 Å². The molecule has 0 aliphatic carbocycles. The topological polar surface area (TPSA) is 121 Å². The number of methoxy groups -OCH3 is 1. The molecule has 0 atom stereocenters. The van der Waals surface area contributed by atoms with Crippen LogP contribution in [0.25, 0.3) is 0 Å². The molecule has 3 aromatic rings. The van der Waals surface area contributed by atoms with E-state index in [9.17, 15) is 13.2 Å². The number of ether oxygens (including phenoxy) is 2. The summed E-state index contributed by atoms with van der Waals surface area (Å²) in [6.07, 6.45) is 1.41. The van der Waals surface area contributed by atoms with E-state index in [1.165, 1.54) is 31.5 Å². The van der Waals surface area contributed by atoms with E-state index in [1.54, 1.807) is 60.7 Å². The monoisotopic (exact) mass is 478 g/mol. The number of amides is 1. The van der Waals surface area contributed by atoms with Crippen LogP contribution in [0.5, 0.6) is 11.5 Å². The second-order valence-corrected chi connectivity index (χ2v) is 8.70. The minimum atomic E-state index is -4.04. The fourth-order valence-electron chi connectivity index (χ4n) is 2.91. The molecule has 3 aromatic carbocycles. The second-order valence-electron chi connectivity index (χ2n) is 6.84. The lowest BCUT2D eigenvalue weighted by Crippen LogP contribution is -2.39. The van der Waals surface area contributed by atoms with E-state index < -0.39 is 22.5 Å². The summed E-state index contributed by atoms with van der Waals surface area (Å²) in [5.74, 6) is 0.349. The minimum absolute atomic E-state index is 0.0489. The number of benzene rings is 3. The van der Waals surface area contributed by atoms with Crippen molar-refractivity contribution in [2.45, 2.75) is 4.90 Å². The lowest BCUT2D eigenvalue weighted by Gasteiger charge is -2.24. The van der Waals surface area contributed by atoms with Gasteiger partial charge in [-0.15, -0.1) is 0 Å². The van der Waals surface area contributed by atoms with Gasteiger partial charge >= 0.3 is 0 Å². The Labute approximate surface area is 197 Å². The Morgan fingerprint density at radius 1 is 1.06 bits per heavy atom. The highest BCUT2D eigenvalue weighted by Crippen LogP contribution is 2.26. The molecule has 0 aliphatic heterocycles. The van der Waals surface area contributed by atoms with Gasteiger partial charge in [0.05, 0.1) is 23.9 Å². The predicted molar refractivity (Wildman–Crippen MR) is 127 cm³/mol. The average molecular weight is 479 g/mol. The van der Waals surface area contributed by atoms with E-state index in [-0.39, 0.29) is 17.2 Å². The summed E-state index contributed by atoms with van der Waals surface area (Å²) < 4.78 is 38.0. The van der Waals surface area contributed by atoms with Crippen LogP contribution < -0.4 is 19.2 Å². The quantitative estimate of drug-likeness (QED) is 0.353. The van der Waals surface area contributed by atoms with Gasteiger partial charge in [0.25, 0.3) is 15.9 Å². The van der Waals surface area contributed by atoms with Gasteiger partial charge < -0.3 is 9.47 Å². The van der Waals surface area contributed by atoms with Gasteiger partial charge in [-0.1, -0.05) is 24.3 Å². The van der Waals surface area contributed by atoms with Crippen molar-refractivity contribution in [2.75, 3.05) is 24.6 Å². The normalized spacial score (nSPS) is 10.9. The molecule has 0 fully saturated rings. The molecule has 0 aliphatic rings. The zero-order chi connectivity index (χ0) is 24.4. The second kappa shape index (κ2) is 11.5. The van der Waals surface area contributed by atoms with Gasteiger partial charge in [0.2, 0.25) is 0 Å². The van der Waals surface area contributed by atoms with Crippen molar-refractivity contribution in [3.8, 4) is 17.6 Å². The fraction of sp³-hybridized carbons (Fsp3) is 0.125. The van der Waals surface area contributed by atoms with Crippen LogP contribution in [0.3, 0.4) is 0 Å². The molecule has 174 valence electrons. The predicted octanol–water partition coefficient (Wildman–Crippen LogP) is 2.94. The molecule has 0 radical (unpaired) electrons. The Hall–Kier alpha value is -4.36. The first-order valence-corrected chi connectivity index (χ1v) is 11.5. The number of hydrazone groups is 1. The molecule has 34 heavy (non-hydrogen) atoms. The van der Waals surface area contributed by atoms with E-state index in [1.807, 2.05) is 6.07 Å². The van der Waals surface area contributed by atoms with Crippen LogP contribution in [0, 0.1) is 11.3 Å². The van der Waals surface area contributed by atoms with E-state index >= 15 is 0 Å². The standard InChI is InChI=1S/C24H22N4O5S/c1-32-22-7-5-6-20(16-22)28(34(30,31)23-8-3-2-4-9-23)18-24(29)27-26-17-19-10-12-21(13-11-19)33-15-14-25/h2-13,16-17H,15,18H2,1H3,(H,27,29). The van der Waals surface area contributed by atoms with E-state index in [2.05, 4.69) is 10.5 Å². The molecule has 0 aromatic heterocycles. The highest BCUT2D eigenvalue weighted by atomic mass is 32.2. The Morgan fingerprint density at radius 2 is 1.79 bits per heavy atom. The zero-order valence-electron chi connectivity index (χ0n) is 18.3. The maximum Gasteiger partial charge on any atom is 0.264 e. The first-order chi connectivity index (χ1) is 16.4. The number of nitriles is 1. The van der Waals surface area contributed by atoms with Crippen LogP contribution in [0.1, 0.15) is 5.56 Å². The van der Waals surface area contributed by atoms with E-state index in [0.29, 0.717) is 17.1 Å². The lowest BCUT2D eigenvalue weighted by atomic mass is 10.2. The van der Waals surface area contributed by atoms with Crippen molar-refractivity contribution in [3.05, 3.63) is 84.4 Å². The third kappa shape index (κ3) is 6.34. The highest BCUT2D eigenvalue weighted by Gasteiger charge is 2.27. The first-order valence-electron chi connectivity index (χ1n) is 10.1. The zero-order valence-corrected chi connectivity index (χ0v) is 19.1. The van der Waals surface area contributed by atoms with Crippen LogP contribution in [-0.2, 0) is 14.8 Å². The SMILES string of the molecule is COc1cccc(N(CC(=O)NN=Cc2ccc(OCC#N)cc2)S(=O)(=O)c2ccccc2)c1. The summed E-state index contributed by atoms with van der Waals surface area (Å²) in [6.45, 7) is -0.554. The number of nitrogens with zero attached hydrogens (tertiary/aromatic N) is 3. The molecule has 0 spiro atoms. The van der Waals surface area contributed by atoms with Crippen LogP contribution >= 0.6 is 0 Å². The van der Waals surface area contributed by atoms with Gasteiger partial charge in [-0.05, 0) is 54.1 Å². The third-order valence-corrected chi connectivity index (χ3v) is 6.33. The van der Waals surface area contributed by atoms with Gasteiger partial charge in [-0.25, -0.2) is 13.8 Å². The maximum absolute atomic E-state index is 13.3. The lowest BCUT2D eigenvalue weighted by molar-refractivity contribution is -0.119. The van der Waals surface area contributed by atoms with Crippen molar-refractivity contribution >= 4 is 27.8 Å². The first kappa shape index (κ1) is 24.3. The third-order valence-electron chi connectivity index (χ3n) is 4.55. The summed E-state index contributed by atoms with van der Waals surface area (Å²) in [7, 11) is -2.56. The van der Waals surface area contributed by atoms with Crippen molar-refractivity contribution in [1.82, 2.24) is 5.43 Å². The van der Waals surface area contributed by atoms with Crippen LogP contribution in [-0.4, -0.2) is 40.8 Å². The molecule has 0 bridgehead atoms. The molecule has 1 amide bonds. The van der Waals surface area contributed by atoms with E-state index in [0.717, 1.165) is 4.31 Å². The summed E-state index contributed by atoms with van der Waals surface area (Å²) in [6, 6.07) is 22.9. The molecule has 1 N–H and O–H groups in total. The number of sulfonamides is 1. The van der Waals surface area contributed by atoms with Gasteiger partial charge in [0.15, 0.2) is 6.61 Å². The Morgan fingerprint density at radius 3 is 2.47 bits per heavy atom. The molecule has 0 unspecified atom stereocenters. The fourth-order valence-corrected chi connectivity index (χ4v) is 4.34. The van der Waals surface area contributed by atoms with Gasteiger partial charge in [0.1, 0.15) is 24.1 Å². The molecule has 3 rings (SSSR count). The number of hydrogen-bond acceptors (Lipinski definition) is 7. The Bertz CT molecular complexity index is 1290. The van der Waals surface area contributed by atoms with Crippen molar-refractivity contribution in [3.63, 3.8) is 0 Å². The smallest absolute Gasteiger partial charge is 0.264 e. The van der Waals surface area contributed by atoms with Gasteiger partial charge in [0, 0.05) is 6.07 Å². The van der Waals surface area contributed by atoms with Crippen molar-refractivity contribution in [2.24, 2.45) is 5.10 Å². The average Bonchev–Trinajstić information content (AvgIpc) is 2.87. The number of hydrogen-bond donors (Lipinski definition) is 1. The molecular formula is C24H22N4O5S. The maximum atomic E-state index is 13.3. The van der Waals surface area contributed by atoms with Gasteiger partial charge in [-0.2, -0.15) is 10.4 Å². The number of nitrogens with one attached hydrogen (secondary N) is 1. The molecular weight excluding hydrogens is 456 g/mol. The molecule has 0 saturated heterocycles. The summed E-state index contributed by atoms with van der Waals surface area (Å²) in [5, 5.41) is 12.4. The minimum Gasteiger partial charge on any atom is -0.497 e. The van der Waals surface area contributed by atoms with Gasteiger partial charge in [-0.3, -0.25) is 9.10 Å². The van der Waals surface area contributed by atoms with E-state index in [4.69, 9.17) is 14.7 Å². The number of anilines is 1. The summed E-state index contributed by atoms with van der Waals surface area (Å²) in [5.41, 5.74) is 3.30. The van der Waals surface area contributed by atoms with Crippen LogP contribution in [0.2, 0.25) is 0 Å². The Balaban J connectivity index is 1.76. The largest absolute Gasteiger partial charge is 0.497 e. The van der Waals surface area contributed by atoms with Crippen molar-refractivity contribution in [1.29, 1.82) is 5.26 Å². The van der Waals surface area contributed by atoms with Crippen molar-refractivity contribution < 1.29 is 22.7 Å². The molecule has 10 heteroatoms. The molecule has 0 heterocycles. The number of rotatable bonds is 10. The Kier molecular flexibility index (Phi) is 8.21. The summed E-state index contributed by atoms with van der Waals surface area (Å²) >= 11 is 0. The van der Waals surface area contributed by atoms with Crippen LogP contribution in [0.4, 0.5) is 5.69 Å². The highest BCUT2D eigenvalue weighted by molar-refractivity contribution is 7.92. The number of carbonyl (C=O) groups is 1. The summed E-state index contributed by atoms with van der Waals surface area (Å²) in [4.78, 5) is 12.7. The molecule has 0 saturated carbocycles. The number of carbonyl (C=O) groups excluding carboxylic acids is 1. The molecule has 9 nitrogen and oxygen atoms in total.